The van der Waals surface area contributed by atoms with E-state index < -0.39 is 54.5 Å². The molecule has 1 aromatic rings. The van der Waals surface area contributed by atoms with E-state index in [2.05, 4.69) is 0 Å². The number of hydrogen-bond acceptors (Lipinski definition) is 5. The lowest BCUT2D eigenvalue weighted by Gasteiger charge is -2.10. The molecule has 0 radical (unpaired) electrons. The number of ether oxygens (including phenoxy) is 1. The molecule has 0 saturated carbocycles. The zero-order valence-corrected chi connectivity index (χ0v) is 11.4. The molecule has 1 aromatic carbocycles. The van der Waals surface area contributed by atoms with Gasteiger partial charge in [-0.3, -0.25) is 0 Å². The number of primary sulfonamides is 1. The van der Waals surface area contributed by atoms with E-state index in [-0.39, 0.29) is 0 Å². The summed E-state index contributed by atoms with van der Waals surface area (Å²) < 4.78 is 75.2. The van der Waals surface area contributed by atoms with Crippen LogP contribution in [0.5, 0.6) is 5.75 Å². The number of hydrogen-bond donors (Lipinski definition) is 1. The normalized spacial score (nSPS) is 12.4. The summed E-state index contributed by atoms with van der Waals surface area (Å²) in [5, 5.41) is 4.79. The summed E-state index contributed by atoms with van der Waals surface area (Å²) in [5.74, 6) is -3.67. The Hall–Kier alpha value is -1.26. The number of nitrogens with two attached hydrogens (primary N) is 1. The van der Waals surface area contributed by atoms with Gasteiger partial charge in [0, 0.05) is 12.3 Å². The second-order valence-corrected chi connectivity index (χ2v) is 7.53. The van der Waals surface area contributed by atoms with Crippen LogP contribution in [0.15, 0.2) is 17.0 Å². The number of halogens is 2. The van der Waals surface area contributed by atoms with E-state index in [9.17, 15) is 25.6 Å². The van der Waals surface area contributed by atoms with Crippen LogP contribution in [-0.4, -0.2) is 35.5 Å². The van der Waals surface area contributed by atoms with E-state index in [1.807, 2.05) is 0 Å². The van der Waals surface area contributed by atoms with E-state index in [0.717, 1.165) is 6.26 Å². The zero-order chi connectivity index (χ0) is 14.8. The Morgan fingerprint density at radius 3 is 2.26 bits per heavy atom. The lowest BCUT2D eigenvalue weighted by Crippen LogP contribution is -2.18. The SMILES string of the molecule is CS(=O)(=O)CCOc1c(F)cc(F)cc1S(N)(=O)=O. The Kier molecular flexibility index (Phi) is 4.48. The summed E-state index contributed by atoms with van der Waals surface area (Å²) in [7, 11) is -7.76. The molecule has 19 heavy (non-hydrogen) atoms. The van der Waals surface area contributed by atoms with E-state index >= 15 is 0 Å². The van der Waals surface area contributed by atoms with Gasteiger partial charge >= 0.3 is 0 Å². The van der Waals surface area contributed by atoms with Gasteiger partial charge in [-0.15, -0.1) is 0 Å². The molecule has 0 amide bonds. The maximum absolute atomic E-state index is 13.4. The quantitative estimate of drug-likeness (QED) is 0.826. The van der Waals surface area contributed by atoms with Crippen LogP contribution in [-0.2, 0) is 19.9 Å². The van der Waals surface area contributed by atoms with Crippen LogP contribution in [0.2, 0.25) is 0 Å². The van der Waals surface area contributed by atoms with Crippen molar-refractivity contribution >= 4 is 19.9 Å². The van der Waals surface area contributed by atoms with Crippen molar-refractivity contribution in [1.82, 2.24) is 0 Å². The number of sulfone groups is 1. The predicted octanol–water partition coefficient (Wildman–Crippen LogP) is 0.0356. The molecule has 0 saturated heterocycles. The topological polar surface area (TPSA) is 104 Å². The van der Waals surface area contributed by atoms with Gasteiger partial charge in [0.1, 0.15) is 17.3 Å². The highest BCUT2D eigenvalue weighted by molar-refractivity contribution is 7.90. The predicted molar refractivity (Wildman–Crippen MR) is 62.9 cm³/mol. The third kappa shape index (κ3) is 4.73. The average Bonchev–Trinajstić information content (AvgIpc) is 2.17. The first kappa shape index (κ1) is 15.8. The molecule has 6 nitrogen and oxygen atoms in total. The summed E-state index contributed by atoms with van der Waals surface area (Å²) in [6.45, 7) is -0.482. The lowest BCUT2D eigenvalue weighted by molar-refractivity contribution is 0.311. The molecule has 0 atom stereocenters. The van der Waals surface area contributed by atoms with Gasteiger partial charge < -0.3 is 4.74 Å². The highest BCUT2D eigenvalue weighted by Gasteiger charge is 2.21. The summed E-state index contributed by atoms with van der Waals surface area (Å²) in [6, 6.07) is 0.901. The van der Waals surface area contributed by atoms with Crippen molar-refractivity contribution in [2.24, 2.45) is 5.14 Å². The first-order chi connectivity index (χ1) is 8.50. The molecule has 1 rings (SSSR count). The molecule has 2 N–H and O–H groups in total. The van der Waals surface area contributed by atoms with E-state index in [1.165, 1.54) is 0 Å². The molecule has 0 aliphatic heterocycles. The zero-order valence-electron chi connectivity index (χ0n) is 9.76. The van der Waals surface area contributed by atoms with E-state index in [1.54, 1.807) is 0 Å². The molecule has 0 bridgehead atoms. The number of benzene rings is 1. The molecule has 0 aromatic heterocycles. The fourth-order valence-corrected chi connectivity index (χ4v) is 2.26. The second-order valence-electron chi connectivity index (χ2n) is 3.74. The summed E-state index contributed by atoms with van der Waals surface area (Å²) in [6.07, 6.45) is 0.929. The third-order valence-electron chi connectivity index (χ3n) is 1.98. The highest BCUT2D eigenvalue weighted by atomic mass is 32.2. The smallest absolute Gasteiger partial charge is 0.241 e. The first-order valence-corrected chi connectivity index (χ1v) is 8.44. The van der Waals surface area contributed by atoms with Crippen molar-refractivity contribution in [2.75, 3.05) is 18.6 Å². The highest BCUT2D eigenvalue weighted by Crippen LogP contribution is 2.27. The molecule has 0 unspecified atom stereocenters. The fourth-order valence-electron chi connectivity index (χ4n) is 1.18. The molecular weight excluding hydrogens is 304 g/mol. The van der Waals surface area contributed by atoms with Crippen LogP contribution in [0.1, 0.15) is 0 Å². The Labute approximate surface area is 109 Å². The van der Waals surface area contributed by atoms with Crippen LogP contribution >= 0.6 is 0 Å². The Morgan fingerprint density at radius 1 is 1.21 bits per heavy atom. The molecule has 0 heterocycles. The molecule has 10 heteroatoms. The minimum Gasteiger partial charge on any atom is -0.488 e. The van der Waals surface area contributed by atoms with Crippen LogP contribution in [0.25, 0.3) is 0 Å². The van der Waals surface area contributed by atoms with Crippen molar-refractivity contribution in [1.29, 1.82) is 0 Å². The summed E-state index contributed by atoms with van der Waals surface area (Å²) in [4.78, 5) is -0.876. The summed E-state index contributed by atoms with van der Waals surface area (Å²) >= 11 is 0. The van der Waals surface area contributed by atoms with Gasteiger partial charge in [-0.1, -0.05) is 0 Å². The lowest BCUT2D eigenvalue weighted by atomic mass is 10.3. The van der Waals surface area contributed by atoms with E-state index in [0.29, 0.717) is 12.1 Å². The van der Waals surface area contributed by atoms with Crippen molar-refractivity contribution < 1.29 is 30.4 Å². The standard InChI is InChI=1S/C9H11F2NO5S2/c1-18(13,14)3-2-17-9-7(11)4-6(10)5-8(9)19(12,15)16/h4-5H,2-3H2,1H3,(H2,12,15,16). The Balaban J connectivity index is 3.13. The fraction of sp³-hybridized carbons (Fsp3) is 0.333. The molecule has 0 spiro atoms. The third-order valence-corrected chi connectivity index (χ3v) is 3.81. The van der Waals surface area contributed by atoms with Gasteiger partial charge in [0.25, 0.3) is 0 Å². The minimum atomic E-state index is -4.40. The van der Waals surface area contributed by atoms with Gasteiger partial charge in [-0.05, 0) is 6.07 Å². The molecule has 108 valence electrons. The Morgan fingerprint density at radius 2 is 1.79 bits per heavy atom. The van der Waals surface area contributed by atoms with Gasteiger partial charge in [-0.25, -0.2) is 30.8 Å². The average molecular weight is 315 g/mol. The maximum atomic E-state index is 13.4. The van der Waals surface area contributed by atoms with Crippen molar-refractivity contribution in [2.45, 2.75) is 4.90 Å². The molecule has 0 fully saturated rings. The van der Waals surface area contributed by atoms with Crippen molar-refractivity contribution in [3.8, 4) is 5.75 Å². The van der Waals surface area contributed by atoms with Crippen LogP contribution < -0.4 is 9.88 Å². The molecule has 0 aliphatic carbocycles. The van der Waals surface area contributed by atoms with Crippen molar-refractivity contribution in [3.05, 3.63) is 23.8 Å². The molecular formula is C9H11F2NO5S2. The largest absolute Gasteiger partial charge is 0.488 e. The number of sulfonamides is 1. The van der Waals surface area contributed by atoms with Gasteiger partial charge in [0.05, 0.1) is 5.75 Å². The summed E-state index contributed by atoms with van der Waals surface area (Å²) in [5.41, 5.74) is 0. The van der Waals surface area contributed by atoms with Crippen LogP contribution in [0, 0.1) is 11.6 Å². The second kappa shape index (κ2) is 5.39. The van der Waals surface area contributed by atoms with Gasteiger partial charge in [-0.2, -0.15) is 0 Å². The van der Waals surface area contributed by atoms with E-state index in [4.69, 9.17) is 9.88 Å². The first-order valence-electron chi connectivity index (χ1n) is 4.83. The van der Waals surface area contributed by atoms with Crippen LogP contribution in [0.4, 0.5) is 8.78 Å². The molecule has 0 aliphatic rings. The minimum absolute atomic E-state index is 0.407. The van der Waals surface area contributed by atoms with Crippen LogP contribution in [0.3, 0.4) is 0 Å². The van der Waals surface area contributed by atoms with Crippen molar-refractivity contribution in [3.63, 3.8) is 0 Å². The van der Waals surface area contributed by atoms with Gasteiger partial charge in [0.15, 0.2) is 21.4 Å². The number of rotatable bonds is 5. The Bertz CT molecular complexity index is 685. The van der Waals surface area contributed by atoms with Gasteiger partial charge in [0.2, 0.25) is 10.0 Å². The monoisotopic (exact) mass is 315 g/mol. The maximum Gasteiger partial charge on any atom is 0.241 e.